The van der Waals surface area contributed by atoms with E-state index in [1.54, 1.807) is 11.1 Å². The molecule has 0 aromatic carbocycles. The van der Waals surface area contributed by atoms with Gasteiger partial charge in [0.05, 0.1) is 0 Å². The van der Waals surface area contributed by atoms with E-state index in [1.165, 1.54) is 42.5 Å². The Balaban J connectivity index is 2.52. The molecule has 2 aliphatic carbocycles. The third kappa shape index (κ3) is 3.08. The fourth-order valence-corrected chi connectivity index (χ4v) is 3.50. The Morgan fingerprint density at radius 3 is 2.55 bits per heavy atom. The van der Waals surface area contributed by atoms with Crippen molar-refractivity contribution in [3.05, 3.63) is 46.2 Å². The molecular formula is C19H29N. The standard InChI is InChI=1S/C19H29N/c1-5-15-10-8-7-9-11-16(6-2)19-13-17(20-4)12-18(15)14(19)3/h10-12,19-20H,5-9,13H2,1-4H3/b15-10-,16-11-. The topological polar surface area (TPSA) is 12.0 Å². The van der Waals surface area contributed by atoms with Gasteiger partial charge in [0.2, 0.25) is 0 Å². The van der Waals surface area contributed by atoms with Gasteiger partial charge in [0.25, 0.3) is 0 Å². The largest absolute Gasteiger partial charge is 0.391 e. The summed E-state index contributed by atoms with van der Waals surface area (Å²) in [5, 5.41) is 3.40. The lowest BCUT2D eigenvalue weighted by molar-refractivity contribution is 0.625. The summed E-state index contributed by atoms with van der Waals surface area (Å²) in [5.74, 6) is 0.607. The van der Waals surface area contributed by atoms with Crippen molar-refractivity contribution in [3.8, 4) is 0 Å². The molecular weight excluding hydrogens is 242 g/mol. The van der Waals surface area contributed by atoms with Crippen LogP contribution in [0.3, 0.4) is 0 Å². The second-order valence-corrected chi connectivity index (χ2v) is 5.92. The minimum Gasteiger partial charge on any atom is -0.391 e. The third-order valence-electron chi connectivity index (χ3n) is 4.80. The summed E-state index contributed by atoms with van der Waals surface area (Å²) in [6.07, 6.45) is 14.5. The highest BCUT2D eigenvalue weighted by molar-refractivity contribution is 5.49. The highest BCUT2D eigenvalue weighted by Crippen LogP contribution is 2.38. The van der Waals surface area contributed by atoms with Gasteiger partial charge in [-0.05, 0) is 62.7 Å². The van der Waals surface area contributed by atoms with E-state index in [2.05, 4.69) is 51.4 Å². The maximum atomic E-state index is 3.40. The monoisotopic (exact) mass is 271 g/mol. The zero-order valence-electron chi connectivity index (χ0n) is 13.6. The zero-order valence-corrected chi connectivity index (χ0v) is 13.6. The van der Waals surface area contributed by atoms with Gasteiger partial charge in [0.15, 0.2) is 0 Å². The fraction of sp³-hybridized carbons (Fsp3) is 0.579. The first-order valence-corrected chi connectivity index (χ1v) is 8.18. The zero-order chi connectivity index (χ0) is 14.5. The number of fused-ring (bicyclic) bond motifs is 1. The number of nitrogens with one attached hydrogen (secondary N) is 1. The molecule has 0 aliphatic heterocycles. The molecule has 2 aliphatic rings. The van der Waals surface area contributed by atoms with E-state index in [0.29, 0.717) is 5.92 Å². The van der Waals surface area contributed by atoms with Crippen LogP contribution in [-0.2, 0) is 0 Å². The van der Waals surface area contributed by atoms with Gasteiger partial charge in [-0.3, -0.25) is 0 Å². The summed E-state index contributed by atoms with van der Waals surface area (Å²) in [6.45, 7) is 6.93. The predicted octanol–water partition coefficient (Wildman–Crippen LogP) is 5.28. The van der Waals surface area contributed by atoms with Crippen molar-refractivity contribution in [2.45, 2.75) is 59.3 Å². The first-order valence-electron chi connectivity index (χ1n) is 8.18. The maximum Gasteiger partial charge on any atom is 0.0119 e. The Morgan fingerprint density at radius 2 is 1.90 bits per heavy atom. The summed E-state index contributed by atoms with van der Waals surface area (Å²) in [6, 6.07) is 0. The molecule has 0 saturated heterocycles. The minimum atomic E-state index is 0.607. The van der Waals surface area contributed by atoms with Crippen LogP contribution in [0.15, 0.2) is 46.2 Å². The summed E-state index contributed by atoms with van der Waals surface area (Å²) in [5.41, 5.74) is 7.63. The van der Waals surface area contributed by atoms with E-state index in [9.17, 15) is 0 Å². The lowest BCUT2D eigenvalue weighted by Gasteiger charge is -2.30. The van der Waals surface area contributed by atoms with Gasteiger partial charge in [-0.1, -0.05) is 37.1 Å². The van der Waals surface area contributed by atoms with Crippen LogP contribution < -0.4 is 5.32 Å². The fourth-order valence-electron chi connectivity index (χ4n) is 3.50. The SMILES string of the molecule is CC/C1=C/CCC/C=C(/CC)C2CC(NC)=CC1=C2C. The van der Waals surface area contributed by atoms with Crippen LogP contribution in [0.4, 0.5) is 0 Å². The Labute approximate surface area is 124 Å². The predicted molar refractivity (Wildman–Crippen MR) is 88.5 cm³/mol. The highest BCUT2D eigenvalue weighted by Gasteiger charge is 2.24. The molecule has 0 aromatic heterocycles. The van der Waals surface area contributed by atoms with E-state index in [0.717, 1.165) is 12.8 Å². The van der Waals surface area contributed by atoms with Crippen LogP contribution in [0.1, 0.15) is 59.3 Å². The normalized spacial score (nSPS) is 29.0. The summed E-state index contributed by atoms with van der Waals surface area (Å²) in [4.78, 5) is 0. The van der Waals surface area contributed by atoms with Gasteiger partial charge < -0.3 is 5.32 Å². The van der Waals surface area contributed by atoms with Gasteiger partial charge >= 0.3 is 0 Å². The molecule has 0 fully saturated rings. The lowest BCUT2D eigenvalue weighted by Crippen LogP contribution is -2.20. The van der Waals surface area contributed by atoms with Crippen LogP contribution in [0.2, 0.25) is 0 Å². The molecule has 2 bridgehead atoms. The van der Waals surface area contributed by atoms with Crippen LogP contribution in [0.25, 0.3) is 0 Å². The summed E-state index contributed by atoms with van der Waals surface area (Å²) in [7, 11) is 2.05. The van der Waals surface area contributed by atoms with Gasteiger partial charge in [0, 0.05) is 18.7 Å². The molecule has 1 heteroatoms. The average molecular weight is 271 g/mol. The second-order valence-electron chi connectivity index (χ2n) is 5.92. The van der Waals surface area contributed by atoms with Crippen LogP contribution in [0, 0.1) is 5.92 Å². The van der Waals surface area contributed by atoms with Gasteiger partial charge in [-0.15, -0.1) is 0 Å². The Hall–Kier alpha value is -1.24. The van der Waals surface area contributed by atoms with Gasteiger partial charge in [0.1, 0.15) is 0 Å². The molecule has 20 heavy (non-hydrogen) atoms. The molecule has 0 radical (unpaired) electrons. The summed E-state index contributed by atoms with van der Waals surface area (Å²) >= 11 is 0. The van der Waals surface area contributed by atoms with E-state index in [1.807, 2.05) is 0 Å². The molecule has 0 aromatic rings. The van der Waals surface area contributed by atoms with Crippen molar-refractivity contribution < 1.29 is 0 Å². The first kappa shape index (κ1) is 15.2. The lowest BCUT2D eigenvalue weighted by atomic mass is 9.77. The Bertz CT molecular complexity index is 474. The first-order chi connectivity index (χ1) is 9.71. The van der Waals surface area contributed by atoms with Gasteiger partial charge in [-0.2, -0.15) is 0 Å². The molecule has 1 unspecified atom stereocenters. The smallest absolute Gasteiger partial charge is 0.0119 e. The van der Waals surface area contributed by atoms with E-state index < -0.39 is 0 Å². The highest BCUT2D eigenvalue weighted by atomic mass is 14.8. The van der Waals surface area contributed by atoms with Crippen LogP contribution in [0.5, 0.6) is 0 Å². The van der Waals surface area contributed by atoms with Crippen molar-refractivity contribution in [2.24, 2.45) is 5.92 Å². The number of rotatable bonds is 3. The van der Waals surface area contributed by atoms with Crippen molar-refractivity contribution in [1.82, 2.24) is 5.32 Å². The van der Waals surface area contributed by atoms with E-state index >= 15 is 0 Å². The van der Waals surface area contributed by atoms with Crippen molar-refractivity contribution in [2.75, 3.05) is 7.05 Å². The molecule has 1 atom stereocenters. The maximum absolute atomic E-state index is 3.40. The van der Waals surface area contributed by atoms with Crippen LogP contribution >= 0.6 is 0 Å². The number of allylic oxidation sites excluding steroid dienone is 8. The van der Waals surface area contributed by atoms with Crippen LogP contribution in [-0.4, -0.2) is 7.05 Å². The van der Waals surface area contributed by atoms with E-state index in [4.69, 9.17) is 0 Å². The molecule has 0 amide bonds. The molecule has 0 saturated carbocycles. The Kier molecular flexibility index (Phi) is 5.28. The third-order valence-corrected chi connectivity index (χ3v) is 4.80. The van der Waals surface area contributed by atoms with Crippen molar-refractivity contribution in [1.29, 1.82) is 0 Å². The minimum absolute atomic E-state index is 0.607. The molecule has 1 nitrogen and oxygen atoms in total. The molecule has 110 valence electrons. The molecule has 0 heterocycles. The summed E-state index contributed by atoms with van der Waals surface area (Å²) < 4.78 is 0. The van der Waals surface area contributed by atoms with E-state index in [-0.39, 0.29) is 0 Å². The molecule has 2 rings (SSSR count). The van der Waals surface area contributed by atoms with Gasteiger partial charge in [-0.25, -0.2) is 0 Å². The van der Waals surface area contributed by atoms with Crippen molar-refractivity contribution in [3.63, 3.8) is 0 Å². The Morgan fingerprint density at radius 1 is 1.15 bits per heavy atom. The molecule has 0 spiro atoms. The number of hydrogen-bond donors (Lipinski definition) is 1. The quantitative estimate of drug-likeness (QED) is 0.688. The second kappa shape index (κ2) is 6.97. The average Bonchev–Trinajstić information content (AvgIpc) is 2.47. The number of hydrogen-bond acceptors (Lipinski definition) is 1. The molecule has 1 N–H and O–H groups in total. The van der Waals surface area contributed by atoms with Crippen molar-refractivity contribution >= 4 is 0 Å².